The normalized spacial score (nSPS) is 12.3. The van der Waals surface area contributed by atoms with Gasteiger partial charge >= 0.3 is 0 Å². The molecule has 130 valence electrons. The molecule has 0 fully saturated rings. The SMILES string of the molecule is C[C@H](Sc1nc2cc(F)c(F)cc2[nH]1)C(=O)NCCc1ccccc1. The van der Waals surface area contributed by atoms with Gasteiger partial charge in [-0.2, -0.15) is 0 Å². The van der Waals surface area contributed by atoms with Crippen LogP contribution in [0.15, 0.2) is 47.6 Å². The molecule has 2 N–H and O–H groups in total. The summed E-state index contributed by atoms with van der Waals surface area (Å²) in [4.78, 5) is 19.2. The Morgan fingerprint density at radius 3 is 2.72 bits per heavy atom. The Labute approximate surface area is 148 Å². The largest absolute Gasteiger partial charge is 0.355 e. The number of amides is 1. The number of hydrogen-bond acceptors (Lipinski definition) is 3. The number of halogens is 2. The van der Waals surface area contributed by atoms with Crippen LogP contribution >= 0.6 is 11.8 Å². The summed E-state index contributed by atoms with van der Waals surface area (Å²) < 4.78 is 26.5. The number of nitrogens with zero attached hydrogens (tertiary/aromatic N) is 1. The molecule has 2 aromatic carbocycles. The van der Waals surface area contributed by atoms with E-state index in [2.05, 4.69) is 15.3 Å². The molecule has 7 heteroatoms. The van der Waals surface area contributed by atoms with Crippen LogP contribution in [0.5, 0.6) is 0 Å². The quantitative estimate of drug-likeness (QED) is 0.659. The van der Waals surface area contributed by atoms with Gasteiger partial charge in [-0.15, -0.1) is 0 Å². The van der Waals surface area contributed by atoms with Crippen molar-refractivity contribution in [2.45, 2.75) is 23.8 Å². The van der Waals surface area contributed by atoms with Gasteiger partial charge in [0, 0.05) is 18.7 Å². The Hall–Kier alpha value is -2.41. The second kappa shape index (κ2) is 7.65. The first kappa shape index (κ1) is 17.4. The molecule has 25 heavy (non-hydrogen) atoms. The molecule has 0 aliphatic carbocycles. The van der Waals surface area contributed by atoms with Gasteiger partial charge in [0.15, 0.2) is 16.8 Å². The molecule has 1 atom stereocenters. The highest BCUT2D eigenvalue weighted by Gasteiger charge is 2.17. The number of aromatic amines is 1. The molecule has 3 aromatic rings. The standard InChI is InChI=1S/C18H17F2N3OS/c1-11(17(24)21-8-7-12-5-3-2-4-6-12)25-18-22-15-9-13(19)14(20)10-16(15)23-18/h2-6,9-11H,7-8H2,1H3,(H,21,24)(H,22,23)/t11-/m0/s1. The fraction of sp³-hybridized carbons (Fsp3) is 0.222. The van der Waals surface area contributed by atoms with Crippen molar-refractivity contribution in [2.75, 3.05) is 6.54 Å². The average molecular weight is 361 g/mol. The molecule has 0 radical (unpaired) electrons. The number of H-pyrrole nitrogens is 1. The second-order valence-corrected chi connectivity index (χ2v) is 6.94. The monoisotopic (exact) mass is 361 g/mol. The number of aromatic nitrogens is 2. The van der Waals surface area contributed by atoms with E-state index >= 15 is 0 Å². The molecule has 4 nitrogen and oxygen atoms in total. The summed E-state index contributed by atoms with van der Waals surface area (Å²) in [7, 11) is 0. The van der Waals surface area contributed by atoms with Crippen LogP contribution in [0.1, 0.15) is 12.5 Å². The lowest BCUT2D eigenvalue weighted by molar-refractivity contribution is -0.120. The lowest BCUT2D eigenvalue weighted by atomic mass is 10.1. The first-order valence-electron chi connectivity index (χ1n) is 7.86. The molecule has 0 saturated heterocycles. The highest BCUT2D eigenvalue weighted by molar-refractivity contribution is 8.00. The van der Waals surface area contributed by atoms with Crippen molar-refractivity contribution in [3.05, 3.63) is 59.7 Å². The van der Waals surface area contributed by atoms with Gasteiger partial charge in [-0.05, 0) is 18.9 Å². The Morgan fingerprint density at radius 2 is 1.96 bits per heavy atom. The van der Waals surface area contributed by atoms with Crippen LogP contribution in [0.4, 0.5) is 8.78 Å². The molecule has 0 bridgehead atoms. The van der Waals surface area contributed by atoms with E-state index in [1.165, 1.54) is 11.8 Å². The summed E-state index contributed by atoms with van der Waals surface area (Å²) in [5.74, 6) is -1.99. The topological polar surface area (TPSA) is 57.8 Å². The predicted molar refractivity (Wildman–Crippen MR) is 94.5 cm³/mol. The van der Waals surface area contributed by atoms with E-state index in [4.69, 9.17) is 0 Å². The summed E-state index contributed by atoms with van der Waals surface area (Å²) in [5, 5.41) is 2.95. The second-order valence-electron chi connectivity index (χ2n) is 5.61. The zero-order valence-electron chi connectivity index (χ0n) is 13.6. The molecule has 1 amide bonds. The fourth-order valence-electron chi connectivity index (χ4n) is 2.38. The number of hydrogen-bond donors (Lipinski definition) is 2. The molecular formula is C18H17F2N3OS. The third-order valence-corrected chi connectivity index (χ3v) is 4.70. The van der Waals surface area contributed by atoms with Crippen molar-refractivity contribution in [3.8, 4) is 0 Å². The number of carbonyl (C=O) groups is 1. The predicted octanol–water partition coefficient (Wildman–Crippen LogP) is 3.68. The molecular weight excluding hydrogens is 344 g/mol. The van der Waals surface area contributed by atoms with Crippen molar-refractivity contribution in [2.24, 2.45) is 0 Å². The molecule has 1 aromatic heterocycles. The number of thioether (sulfide) groups is 1. The zero-order valence-corrected chi connectivity index (χ0v) is 14.4. The first-order valence-corrected chi connectivity index (χ1v) is 8.74. The van der Waals surface area contributed by atoms with Gasteiger partial charge in [-0.3, -0.25) is 4.79 Å². The van der Waals surface area contributed by atoms with Crippen molar-refractivity contribution < 1.29 is 13.6 Å². The van der Waals surface area contributed by atoms with Crippen LogP contribution in [0, 0.1) is 11.6 Å². The van der Waals surface area contributed by atoms with Gasteiger partial charge in [-0.1, -0.05) is 42.1 Å². The van der Waals surface area contributed by atoms with Crippen LogP contribution in [-0.4, -0.2) is 27.7 Å². The lowest BCUT2D eigenvalue weighted by Crippen LogP contribution is -2.32. The van der Waals surface area contributed by atoms with E-state index in [1.807, 2.05) is 30.3 Å². The van der Waals surface area contributed by atoms with E-state index in [0.29, 0.717) is 22.7 Å². The Morgan fingerprint density at radius 1 is 1.24 bits per heavy atom. The Kier molecular flexibility index (Phi) is 5.33. The van der Waals surface area contributed by atoms with Gasteiger partial charge in [0.1, 0.15) is 0 Å². The number of imidazole rings is 1. The van der Waals surface area contributed by atoms with E-state index in [0.717, 1.165) is 24.1 Å². The minimum Gasteiger partial charge on any atom is -0.355 e. The molecule has 0 aliphatic rings. The summed E-state index contributed by atoms with van der Waals surface area (Å²) in [6.07, 6.45) is 0.757. The van der Waals surface area contributed by atoms with Crippen molar-refractivity contribution >= 4 is 28.7 Å². The third kappa shape index (κ3) is 4.36. The van der Waals surface area contributed by atoms with Crippen LogP contribution in [0.3, 0.4) is 0 Å². The minimum absolute atomic E-state index is 0.112. The number of benzene rings is 2. The lowest BCUT2D eigenvalue weighted by Gasteiger charge is -2.10. The summed E-state index contributed by atoms with van der Waals surface area (Å²) in [5.41, 5.74) is 1.89. The van der Waals surface area contributed by atoms with Gasteiger partial charge in [0.25, 0.3) is 0 Å². The van der Waals surface area contributed by atoms with Crippen LogP contribution < -0.4 is 5.32 Å². The molecule has 0 unspecified atom stereocenters. The van der Waals surface area contributed by atoms with E-state index in [1.54, 1.807) is 6.92 Å². The number of carbonyl (C=O) groups excluding carboxylic acids is 1. The van der Waals surface area contributed by atoms with Gasteiger partial charge < -0.3 is 10.3 Å². The van der Waals surface area contributed by atoms with Crippen molar-refractivity contribution in [1.82, 2.24) is 15.3 Å². The van der Waals surface area contributed by atoms with Gasteiger partial charge in [-0.25, -0.2) is 13.8 Å². The highest BCUT2D eigenvalue weighted by atomic mass is 32.2. The molecule has 0 spiro atoms. The van der Waals surface area contributed by atoms with Crippen molar-refractivity contribution in [3.63, 3.8) is 0 Å². The minimum atomic E-state index is -0.942. The fourth-order valence-corrected chi connectivity index (χ4v) is 3.22. The van der Waals surface area contributed by atoms with E-state index in [-0.39, 0.29) is 11.2 Å². The number of nitrogens with one attached hydrogen (secondary N) is 2. The van der Waals surface area contributed by atoms with Crippen LogP contribution in [-0.2, 0) is 11.2 Å². The summed E-state index contributed by atoms with van der Waals surface area (Å²) in [6.45, 7) is 2.31. The smallest absolute Gasteiger partial charge is 0.233 e. The highest BCUT2D eigenvalue weighted by Crippen LogP contribution is 2.24. The zero-order chi connectivity index (χ0) is 17.8. The number of rotatable bonds is 6. The Bertz CT molecular complexity index is 844. The van der Waals surface area contributed by atoms with E-state index < -0.39 is 11.6 Å². The molecule has 0 saturated carbocycles. The maximum absolute atomic E-state index is 13.2. The van der Waals surface area contributed by atoms with Crippen LogP contribution in [0.25, 0.3) is 11.0 Å². The van der Waals surface area contributed by atoms with E-state index in [9.17, 15) is 13.6 Å². The Balaban J connectivity index is 1.56. The maximum atomic E-state index is 13.2. The number of fused-ring (bicyclic) bond motifs is 1. The molecule has 3 rings (SSSR count). The van der Waals surface area contributed by atoms with Gasteiger partial charge in [0.2, 0.25) is 5.91 Å². The summed E-state index contributed by atoms with van der Waals surface area (Å²) in [6, 6.07) is 12.0. The van der Waals surface area contributed by atoms with Crippen LogP contribution in [0.2, 0.25) is 0 Å². The van der Waals surface area contributed by atoms with Crippen molar-refractivity contribution in [1.29, 1.82) is 0 Å². The third-order valence-electron chi connectivity index (χ3n) is 3.72. The molecule has 0 aliphatic heterocycles. The molecule has 1 heterocycles. The first-order chi connectivity index (χ1) is 12.0. The summed E-state index contributed by atoms with van der Waals surface area (Å²) >= 11 is 1.21. The average Bonchev–Trinajstić information content (AvgIpc) is 2.97. The maximum Gasteiger partial charge on any atom is 0.233 e. The van der Waals surface area contributed by atoms with Gasteiger partial charge in [0.05, 0.1) is 16.3 Å².